The molecule has 3 fully saturated rings. The average molecular weight is 402 g/mol. The van der Waals surface area contributed by atoms with Gasteiger partial charge in [0.25, 0.3) is 0 Å². The molecule has 1 N–H and O–H groups in total. The molecule has 3 aliphatic heterocycles. The lowest BCUT2D eigenvalue weighted by molar-refractivity contribution is -0.156. The number of amides is 3. The number of hydrogen-bond acceptors (Lipinski definition) is 5. The maximum Gasteiger partial charge on any atom is 0.227 e. The molecule has 2 bridgehead atoms. The topological polar surface area (TPSA) is 95.7 Å². The van der Waals surface area contributed by atoms with Gasteiger partial charge in [0, 0.05) is 44.6 Å². The third-order valence-electron chi connectivity index (χ3n) is 6.92. The molecule has 1 aromatic heterocycles. The Morgan fingerprint density at radius 3 is 2.69 bits per heavy atom. The standard InChI is InChI=1S/C21H30N4O4/c1-12-17(13(2)29-23-12)8-21(28)24-10-15-7-16(11-24)19(9-22-14(3)26)25-18(15)5-4-6-20(25)27/h15-16,18-19H,4-11H2,1-3H3,(H,22,26)/t15-,16+,18+,19+/m1/s1. The summed E-state index contributed by atoms with van der Waals surface area (Å²) in [4.78, 5) is 41.4. The van der Waals surface area contributed by atoms with Crippen LogP contribution in [0.25, 0.3) is 0 Å². The van der Waals surface area contributed by atoms with E-state index in [0.29, 0.717) is 44.2 Å². The average Bonchev–Trinajstić information content (AvgIpc) is 3.00. The first-order chi connectivity index (χ1) is 13.8. The molecule has 0 unspecified atom stereocenters. The molecule has 0 saturated carbocycles. The molecule has 158 valence electrons. The molecule has 0 aliphatic carbocycles. The van der Waals surface area contributed by atoms with Gasteiger partial charge >= 0.3 is 0 Å². The van der Waals surface area contributed by atoms with Gasteiger partial charge in [0.05, 0.1) is 18.2 Å². The molecule has 0 spiro atoms. The van der Waals surface area contributed by atoms with Crippen molar-refractivity contribution in [2.75, 3.05) is 19.6 Å². The second kappa shape index (κ2) is 7.80. The van der Waals surface area contributed by atoms with Crippen molar-refractivity contribution < 1.29 is 18.9 Å². The molecular weight excluding hydrogens is 372 g/mol. The Hall–Kier alpha value is -2.38. The van der Waals surface area contributed by atoms with Crippen LogP contribution in [-0.4, -0.2) is 64.4 Å². The minimum absolute atomic E-state index is 0.0392. The van der Waals surface area contributed by atoms with Crippen LogP contribution in [0.3, 0.4) is 0 Å². The fourth-order valence-corrected chi connectivity index (χ4v) is 5.51. The molecule has 0 radical (unpaired) electrons. The highest BCUT2D eigenvalue weighted by Gasteiger charge is 2.49. The second-order valence-corrected chi connectivity index (χ2v) is 8.80. The lowest BCUT2D eigenvalue weighted by atomic mass is 9.72. The molecule has 4 heterocycles. The van der Waals surface area contributed by atoms with E-state index in [0.717, 1.165) is 30.5 Å². The molecule has 3 saturated heterocycles. The van der Waals surface area contributed by atoms with Crippen molar-refractivity contribution >= 4 is 17.7 Å². The van der Waals surface area contributed by atoms with Crippen molar-refractivity contribution in [2.45, 2.75) is 65.0 Å². The number of rotatable bonds is 4. The van der Waals surface area contributed by atoms with E-state index in [1.807, 2.05) is 23.6 Å². The van der Waals surface area contributed by atoms with Crippen LogP contribution in [0.1, 0.15) is 49.6 Å². The quantitative estimate of drug-likeness (QED) is 0.816. The van der Waals surface area contributed by atoms with Crippen molar-refractivity contribution in [3.8, 4) is 0 Å². The van der Waals surface area contributed by atoms with Crippen LogP contribution in [0.5, 0.6) is 0 Å². The zero-order chi connectivity index (χ0) is 20.7. The molecule has 3 aliphatic rings. The first kappa shape index (κ1) is 19.9. The zero-order valence-corrected chi connectivity index (χ0v) is 17.4. The van der Waals surface area contributed by atoms with Gasteiger partial charge in [-0.2, -0.15) is 0 Å². The Bertz CT molecular complexity index is 800. The molecule has 29 heavy (non-hydrogen) atoms. The summed E-state index contributed by atoms with van der Waals surface area (Å²) in [6.45, 7) is 6.98. The summed E-state index contributed by atoms with van der Waals surface area (Å²) in [6, 6.07) is 0.128. The Balaban J connectivity index is 1.54. The predicted octanol–water partition coefficient (Wildman–Crippen LogP) is 1.20. The number of fused-ring (bicyclic) bond motifs is 4. The summed E-state index contributed by atoms with van der Waals surface area (Å²) >= 11 is 0. The molecular formula is C21H30N4O4. The molecule has 8 heteroatoms. The van der Waals surface area contributed by atoms with Gasteiger partial charge in [-0.1, -0.05) is 5.16 Å². The second-order valence-electron chi connectivity index (χ2n) is 8.80. The van der Waals surface area contributed by atoms with Gasteiger partial charge in [0.1, 0.15) is 5.76 Å². The number of nitrogens with one attached hydrogen (secondary N) is 1. The summed E-state index contributed by atoms with van der Waals surface area (Å²) < 4.78 is 5.21. The third-order valence-corrected chi connectivity index (χ3v) is 6.92. The zero-order valence-electron chi connectivity index (χ0n) is 17.4. The highest BCUT2D eigenvalue weighted by atomic mass is 16.5. The van der Waals surface area contributed by atoms with Gasteiger partial charge in [0.2, 0.25) is 17.7 Å². The Labute approximate surface area is 171 Å². The molecule has 1 aromatic rings. The minimum Gasteiger partial charge on any atom is -0.361 e. The number of aryl methyl sites for hydroxylation is 2. The van der Waals surface area contributed by atoms with E-state index in [2.05, 4.69) is 10.5 Å². The number of piperidine rings is 3. The summed E-state index contributed by atoms with van der Waals surface area (Å²) in [6.07, 6.45) is 3.77. The fourth-order valence-electron chi connectivity index (χ4n) is 5.51. The van der Waals surface area contributed by atoms with Gasteiger partial charge in [0.15, 0.2) is 0 Å². The SMILES string of the molecule is CC(=O)NC[C@H]1[C@H]2C[C@H](CN(C(=O)Cc3c(C)noc3C)C2)[C@@H]2CCCC(=O)N21. The van der Waals surface area contributed by atoms with Crippen LogP contribution in [-0.2, 0) is 20.8 Å². The van der Waals surface area contributed by atoms with Gasteiger partial charge in [-0.3, -0.25) is 14.4 Å². The first-order valence-electron chi connectivity index (χ1n) is 10.6. The van der Waals surface area contributed by atoms with E-state index < -0.39 is 0 Å². The van der Waals surface area contributed by atoms with Crippen LogP contribution < -0.4 is 5.32 Å². The molecule has 3 amide bonds. The van der Waals surface area contributed by atoms with Crippen molar-refractivity contribution in [3.63, 3.8) is 0 Å². The van der Waals surface area contributed by atoms with Crippen molar-refractivity contribution in [2.24, 2.45) is 11.8 Å². The largest absolute Gasteiger partial charge is 0.361 e. The maximum atomic E-state index is 13.1. The van der Waals surface area contributed by atoms with E-state index in [1.165, 1.54) is 6.92 Å². The Morgan fingerprint density at radius 2 is 2.00 bits per heavy atom. The normalized spacial score (nSPS) is 28.9. The van der Waals surface area contributed by atoms with E-state index >= 15 is 0 Å². The minimum atomic E-state index is -0.0877. The fraction of sp³-hybridized carbons (Fsp3) is 0.714. The van der Waals surface area contributed by atoms with E-state index in [-0.39, 0.29) is 35.7 Å². The summed E-state index contributed by atoms with van der Waals surface area (Å²) in [5.74, 6) is 1.38. The Kier molecular flexibility index (Phi) is 5.36. The molecule has 0 aromatic carbocycles. The van der Waals surface area contributed by atoms with E-state index in [4.69, 9.17) is 4.52 Å². The highest BCUT2D eigenvalue weighted by Crippen LogP contribution is 2.41. The lowest BCUT2D eigenvalue weighted by Crippen LogP contribution is -2.67. The van der Waals surface area contributed by atoms with Gasteiger partial charge in [-0.15, -0.1) is 0 Å². The maximum absolute atomic E-state index is 13.1. The number of carbonyl (C=O) groups excluding carboxylic acids is 3. The number of aromatic nitrogens is 1. The predicted molar refractivity (Wildman–Crippen MR) is 105 cm³/mol. The monoisotopic (exact) mass is 402 g/mol. The summed E-state index contributed by atoms with van der Waals surface area (Å²) in [5, 5.41) is 6.87. The number of carbonyl (C=O) groups is 3. The van der Waals surface area contributed by atoms with Crippen LogP contribution in [0.4, 0.5) is 0 Å². The van der Waals surface area contributed by atoms with Gasteiger partial charge in [-0.25, -0.2) is 0 Å². The molecule has 4 rings (SSSR count). The highest BCUT2D eigenvalue weighted by molar-refractivity contribution is 5.80. The van der Waals surface area contributed by atoms with E-state index in [9.17, 15) is 14.4 Å². The smallest absolute Gasteiger partial charge is 0.227 e. The third kappa shape index (κ3) is 3.76. The van der Waals surface area contributed by atoms with Crippen LogP contribution in [0.15, 0.2) is 4.52 Å². The number of hydrogen-bond donors (Lipinski definition) is 1. The van der Waals surface area contributed by atoms with Crippen LogP contribution in [0.2, 0.25) is 0 Å². The molecule has 8 nitrogen and oxygen atoms in total. The Morgan fingerprint density at radius 1 is 1.24 bits per heavy atom. The number of nitrogens with zero attached hydrogens (tertiary/aromatic N) is 3. The summed E-state index contributed by atoms with van der Waals surface area (Å²) in [7, 11) is 0. The number of likely N-dealkylation sites (tertiary alicyclic amines) is 1. The van der Waals surface area contributed by atoms with Crippen molar-refractivity contribution in [1.29, 1.82) is 0 Å². The lowest BCUT2D eigenvalue weighted by Gasteiger charge is -2.56. The van der Waals surface area contributed by atoms with Crippen molar-refractivity contribution in [1.82, 2.24) is 20.3 Å². The summed E-state index contributed by atoms with van der Waals surface area (Å²) in [5.41, 5.74) is 1.63. The van der Waals surface area contributed by atoms with Gasteiger partial charge < -0.3 is 19.6 Å². The van der Waals surface area contributed by atoms with Crippen LogP contribution in [0, 0.1) is 25.7 Å². The first-order valence-corrected chi connectivity index (χ1v) is 10.6. The van der Waals surface area contributed by atoms with Gasteiger partial charge in [-0.05, 0) is 44.9 Å². The van der Waals surface area contributed by atoms with Crippen molar-refractivity contribution in [3.05, 3.63) is 17.0 Å². The van der Waals surface area contributed by atoms with E-state index in [1.54, 1.807) is 0 Å². The van der Waals surface area contributed by atoms with Crippen LogP contribution >= 0.6 is 0 Å². The molecule has 4 atom stereocenters.